The van der Waals surface area contributed by atoms with Crippen molar-refractivity contribution in [2.45, 2.75) is 6.42 Å². The summed E-state index contributed by atoms with van der Waals surface area (Å²) in [4.78, 5) is 21.5. The number of anilines is 1. The number of carboxylic acid groups (broad SMARTS) is 1. The quantitative estimate of drug-likeness (QED) is 0.806. The Bertz CT molecular complexity index is 566. The van der Waals surface area contributed by atoms with Crippen LogP contribution in [0.4, 0.5) is 18.9 Å². The number of hydrogen-bond donors (Lipinski definition) is 2. The van der Waals surface area contributed by atoms with E-state index in [1.54, 1.807) is 5.32 Å². The van der Waals surface area contributed by atoms with Gasteiger partial charge in [-0.1, -0.05) is 0 Å². The highest BCUT2D eigenvalue weighted by Gasteiger charge is 2.23. The summed E-state index contributed by atoms with van der Waals surface area (Å²) in [5.41, 5.74) is -2.35. The highest BCUT2D eigenvalue weighted by Crippen LogP contribution is 2.25. The molecule has 0 aromatic heterocycles. The number of benzene rings is 1. The van der Waals surface area contributed by atoms with Gasteiger partial charge in [0.15, 0.2) is 17.5 Å². The van der Waals surface area contributed by atoms with E-state index in [2.05, 4.69) is 0 Å². The lowest BCUT2D eigenvalue weighted by Crippen LogP contribution is -2.16. The molecule has 0 aliphatic rings. The number of amides is 1. The van der Waals surface area contributed by atoms with Crippen LogP contribution in [0.5, 0.6) is 0 Å². The first-order valence-electron chi connectivity index (χ1n) is 4.46. The van der Waals surface area contributed by atoms with E-state index in [1.165, 1.54) is 6.07 Å². The van der Waals surface area contributed by atoms with Crippen LogP contribution in [0.15, 0.2) is 6.07 Å². The molecule has 0 aliphatic heterocycles. The molecule has 0 atom stereocenters. The monoisotopic (exact) mass is 258 g/mol. The zero-order chi connectivity index (χ0) is 13.9. The number of carboxylic acids is 1. The van der Waals surface area contributed by atoms with Crippen LogP contribution in [-0.2, 0) is 4.79 Å². The molecular formula is C10H5F3N2O3. The number of halogens is 3. The zero-order valence-corrected chi connectivity index (χ0v) is 8.63. The highest BCUT2D eigenvalue weighted by molar-refractivity contribution is 5.95. The molecule has 0 fully saturated rings. The van der Waals surface area contributed by atoms with Gasteiger partial charge in [-0.2, -0.15) is 5.26 Å². The minimum atomic E-state index is -1.82. The van der Waals surface area contributed by atoms with Crippen molar-refractivity contribution in [2.24, 2.45) is 0 Å². The Kier molecular flexibility index (Phi) is 3.89. The second-order valence-electron chi connectivity index (χ2n) is 3.10. The standard InChI is InChI=1S/C10H5F3N2O3/c11-5-3-4(10(17)18)7(12)9(8(5)13)15-6(16)1-2-14/h3H,1H2,(H,15,16)(H,17,18). The molecule has 0 aliphatic carbocycles. The van der Waals surface area contributed by atoms with Crippen molar-refractivity contribution >= 4 is 17.6 Å². The van der Waals surface area contributed by atoms with E-state index in [0.29, 0.717) is 0 Å². The number of carbonyl (C=O) groups excluding carboxylic acids is 1. The fraction of sp³-hybridized carbons (Fsp3) is 0.100. The fourth-order valence-electron chi connectivity index (χ4n) is 1.12. The van der Waals surface area contributed by atoms with E-state index in [9.17, 15) is 22.8 Å². The molecule has 0 unspecified atom stereocenters. The Morgan fingerprint density at radius 3 is 2.44 bits per heavy atom. The predicted octanol–water partition coefficient (Wildman–Crippen LogP) is 1.65. The molecule has 5 nitrogen and oxygen atoms in total. The Balaban J connectivity index is 3.30. The van der Waals surface area contributed by atoms with Gasteiger partial charge in [0.05, 0.1) is 6.07 Å². The summed E-state index contributed by atoms with van der Waals surface area (Å²) in [5.74, 6) is -7.88. The number of nitrogens with one attached hydrogen (secondary N) is 1. The van der Waals surface area contributed by atoms with Crippen molar-refractivity contribution in [3.63, 3.8) is 0 Å². The van der Waals surface area contributed by atoms with Gasteiger partial charge in [0.25, 0.3) is 0 Å². The van der Waals surface area contributed by atoms with E-state index in [1.807, 2.05) is 0 Å². The number of rotatable bonds is 3. The van der Waals surface area contributed by atoms with Gasteiger partial charge < -0.3 is 10.4 Å². The third-order valence-corrected chi connectivity index (χ3v) is 1.89. The highest BCUT2D eigenvalue weighted by atomic mass is 19.2. The van der Waals surface area contributed by atoms with Crippen LogP contribution in [0, 0.1) is 28.8 Å². The minimum absolute atomic E-state index is 0.160. The van der Waals surface area contributed by atoms with Gasteiger partial charge in [0, 0.05) is 0 Å². The van der Waals surface area contributed by atoms with Gasteiger partial charge in [0.2, 0.25) is 5.91 Å². The van der Waals surface area contributed by atoms with Gasteiger partial charge >= 0.3 is 5.97 Å². The zero-order valence-electron chi connectivity index (χ0n) is 8.63. The molecule has 0 spiro atoms. The van der Waals surface area contributed by atoms with Gasteiger partial charge in [-0.25, -0.2) is 18.0 Å². The van der Waals surface area contributed by atoms with Crippen molar-refractivity contribution in [3.8, 4) is 6.07 Å². The molecule has 1 aromatic rings. The molecule has 1 aromatic carbocycles. The molecule has 1 amide bonds. The van der Waals surface area contributed by atoms with Gasteiger partial charge in [-0.05, 0) is 6.07 Å². The molecule has 0 saturated carbocycles. The van der Waals surface area contributed by atoms with Crippen molar-refractivity contribution in [3.05, 3.63) is 29.1 Å². The van der Waals surface area contributed by atoms with Gasteiger partial charge in [0.1, 0.15) is 17.7 Å². The molecule has 8 heteroatoms. The van der Waals surface area contributed by atoms with Crippen LogP contribution in [0.25, 0.3) is 0 Å². The summed E-state index contributed by atoms with van der Waals surface area (Å²) in [5, 5.41) is 18.3. The lowest BCUT2D eigenvalue weighted by molar-refractivity contribution is -0.115. The minimum Gasteiger partial charge on any atom is -0.478 e. The molecule has 2 N–H and O–H groups in total. The summed E-state index contributed by atoms with van der Waals surface area (Å²) in [6.45, 7) is 0. The first-order chi connectivity index (χ1) is 8.38. The third-order valence-electron chi connectivity index (χ3n) is 1.89. The second-order valence-corrected chi connectivity index (χ2v) is 3.10. The lowest BCUT2D eigenvalue weighted by Gasteiger charge is -2.08. The molecule has 0 radical (unpaired) electrons. The topological polar surface area (TPSA) is 90.2 Å². The summed E-state index contributed by atoms with van der Waals surface area (Å²) < 4.78 is 39.7. The average molecular weight is 258 g/mol. The molecule has 94 valence electrons. The van der Waals surface area contributed by atoms with Crippen LogP contribution < -0.4 is 5.32 Å². The molecule has 18 heavy (non-hydrogen) atoms. The van der Waals surface area contributed by atoms with Crippen LogP contribution in [0.2, 0.25) is 0 Å². The van der Waals surface area contributed by atoms with Crippen molar-refractivity contribution in [1.29, 1.82) is 5.26 Å². The second kappa shape index (κ2) is 5.18. The van der Waals surface area contributed by atoms with E-state index in [-0.39, 0.29) is 6.07 Å². The first kappa shape index (κ1) is 13.5. The number of carbonyl (C=O) groups is 2. The maximum atomic E-state index is 13.5. The smallest absolute Gasteiger partial charge is 0.338 e. The lowest BCUT2D eigenvalue weighted by atomic mass is 10.1. The normalized spacial score (nSPS) is 9.67. The van der Waals surface area contributed by atoms with Crippen molar-refractivity contribution in [2.75, 3.05) is 5.32 Å². The third kappa shape index (κ3) is 2.57. The van der Waals surface area contributed by atoms with Crippen LogP contribution in [0.3, 0.4) is 0 Å². The molecular weight excluding hydrogens is 253 g/mol. The van der Waals surface area contributed by atoms with Crippen LogP contribution in [0.1, 0.15) is 16.8 Å². The molecule has 1 rings (SSSR count). The molecule has 0 heterocycles. The Morgan fingerprint density at radius 2 is 1.94 bits per heavy atom. The van der Waals surface area contributed by atoms with Crippen LogP contribution >= 0.6 is 0 Å². The predicted molar refractivity (Wildman–Crippen MR) is 52.1 cm³/mol. The summed E-state index contributed by atoms with van der Waals surface area (Å²) in [6.07, 6.45) is -0.711. The maximum absolute atomic E-state index is 13.5. The SMILES string of the molecule is N#CCC(=O)Nc1c(F)c(F)cc(C(=O)O)c1F. The average Bonchev–Trinajstić information content (AvgIpc) is 2.29. The van der Waals surface area contributed by atoms with E-state index < -0.39 is 47.0 Å². The fourth-order valence-corrected chi connectivity index (χ4v) is 1.12. The summed E-state index contributed by atoms with van der Waals surface area (Å²) in [7, 11) is 0. The Morgan fingerprint density at radius 1 is 1.33 bits per heavy atom. The van der Waals surface area contributed by atoms with Gasteiger partial charge in [-0.15, -0.1) is 0 Å². The molecule has 0 saturated heterocycles. The largest absolute Gasteiger partial charge is 0.478 e. The molecule has 0 bridgehead atoms. The summed E-state index contributed by atoms with van der Waals surface area (Å²) >= 11 is 0. The van der Waals surface area contributed by atoms with Crippen molar-refractivity contribution in [1.82, 2.24) is 0 Å². The van der Waals surface area contributed by atoms with Crippen LogP contribution in [-0.4, -0.2) is 17.0 Å². The number of nitriles is 1. The number of hydrogen-bond acceptors (Lipinski definition) is 3. The number of aromatic carboxylic acids is 1. The van der Waals surface area contributed by atoms with E-state index in [4.69, 9.17) is 10.4 Å². The Hall–Kier alpha value is -2.56. The first-order valence-corrected chi connectivity index (χ1v) is 4.46. The number of nitrogens with zero attached hydrogens (tertiary/aromatic N) is 1. The van der Waals surface area contributed by atoms with Crippen molar-refractivity contribution < 1.29 is 27.9 Å². The summed E-state index contributed by atoms with van der Waals surface area (Å²) in [6, 6.07) is 1.57. The Labute approximate surface area is 98.4 Å². The van der Waals surface area contributed by atoms with Gasteiger partial charge in [-0.3, -0.25) is 4.79 Å². The maximum Gasteiger partial charge on any atom is 0.338 e. The van der Waals surface area contributed by atoms with E-state index in [0.717, 1.165) is 0 Å². The van der Waals surface area contributed by atoms with E-state index >= 15 is 0 Å².